The normalized spacial score (nSPS) is 8.36. The van der Waals surface area contributed by atoms with Crippen molar-refractivity contribution in [3.05, 3.63) is 0 Å². The number of hydrogen-bond acceptors (Lipinski definition) is 7. The summed E-state index contributed by atoms with van der Waals surface area (Å²) in [6, 6.07) is 0. The molecule has 116 valence electrons. The molecule has 0 bridgehead atoms. The Bertz CT molecular complexity index is 271. The SMILES string of the molecule is O=C([O-])CCCCC(=O)O.O=C([O-])CCCCC(=O)[O-].[K+].[Sr+2]. The Morgan fingerprint density at radius 3 is 1.05 bits per heavy atom. The number of carboxylic acids is 4. The maximum atomic E-state index is 9.88. The van der Waals surface area contributed by atoms with E-state index >= 15 is 0 Å². The molecule has 0 aliphatic heterocycles. The van der Waals surface area contributed by atoms with Crippen LogP contribution in [0.15, 0.2) is 0 Å². The quantitative estimate of drug-likeness (QED) is 0.273. The van der Waals surface area contributed by atoms with Crippen LogP contribution in [0.4, 0.5) is 0 Å². The molecule has 0 aromatic carbocycles. The second-order valence-electron chi connectivity index (χ2n) is 3.92. The smallest absolute Gasteiger partial charge is 0.550 e. The molecule has 0 spiro atoms. The summed E-state index contributed by atoms with van der Waals surface area (Å²) in [6.45, 7) is 0. The van der Waals surface area contributed by atoms with Crippen molar-refractivity contribution >= 4 is 69.4 Å². The van der Waals surface area contributed by atoms with Gasteiger partial charge in [0.15, 0.2) is 0 Å². The molecule has 0 aromatic rings. The Balaban J connectivity index is -0.000000135. The van der Waals surface area contributed by atoms with Gasteiger partial charge in [-0.2, -0.15) is 0 Å². The van der Waals surface area contributed by atoms with E-state index in [0.29, 0.717) is 25.7 Å². The molecule has 0 amide bonds. The molecule has 0 unspecified atom stereocenters. The van der Waals surface area contributed by atoms with Crippen molar-refractivity contribution in [2.75, 3.05) is 0 Å². The fourth-order valence-electron chi connectivity index (χ4n) is 1.08. The molecule has 1 N–H and O–H groups in total. The van der Waals surface area contributed by atoms with Crippen LogP contribution in [0.3, 0.4) is 0 Å². The number of rotatable bonds is 10. The number of hydrogen-bond donors (Lipinski definition) is 1. The van der Waals surface area contributed by atoms with Gasteiger partial charge in [0.2, 0.25) is 0 Å². The molecule has 22 heavy (non-hydrogen) atoms. The van der Waals surface area contributed by atoms with E-state index < -0.39 is 23.9 Å². The first-order valence-electron chi connectivity index (χ1n) is 6.07. The summed E-state index contributed by atoms with van der Waals surface area (Å²) >= 11 is 0. The number of carboxylic acid groups (broad SMARTS) is 4. The molecular weight excluding hydrogens is 399 g/mol. The van der Waals surface area contributed by atoms with Crippen LogP contribution in [-0.2, 0) is 19.2 Å². The molecule has 0 saturated carbocycles. The molecule has 0 rings (SSSR count). The predicted octanol–water partition coefficient (Wildman–Crippen LogP) is -5.95. The van der Waals surface area contributed by atoms with Crippen molar-refractivity contribution in [3.8, 4) is 0 Å². The van der Waals surface area contributed by atoms with Crippen LogP contribution in [0.5, 0.6) is 0 Å². The molecule has 0 aliphatic rings. The number of carbonyl (C=O) groups excluding carboxylic acids is 3. The van der Waals surface area contributed by atoms with Crippen molar-refractivity contribution in [2.24, 2.45) is 0 Å². The molecule has 0 heterocycles. The van der Waals surface area contributed by atoms with E-state index in [1.54, 1.807) is 0 Å². The number of carbonyl (C=O) groups is 4. The van der Waals surface area contributed by atoms with Gasteiger partial charge >= 0.3 is 103 Å². The molecule has 10 heteroatoms. The van der Waals surface area contributed by atoms with Crippen molar-refractivity contribution in [1.29, 1.82) is 0 Å². The maximum absolute atomic E-state index is 9.88. The van der Waals surface area contributed by atoms with Crippen LogP contribution in [0.2, 0.25) is 0 Å². The molecular formula is C12H17KO8Sr. The van der Waals surface area contributed by atoms with Crippen LogP contribution in [0, 0.1) is 0 Å². The van der Waals surface area contributed by atoms with Gasteiger partial charge in [-0.15, -0.1) is 0 Å². The zero-order chi connectivity index (χ0) is 16.0. The van der Waals surface area contributed by atoms with E-state index in [-0.39, 0.29) is 123 Å². The predicted molar refractivity (Wildman–Crippen MR) is 65.3 cm³/mol. The van der Waals surface area contributed by atoms with E-state index in [0.717, 1.165) is 0 Å². The average Bonchev–Trinajstić information content (AvgIpc) is 2.30. The van der Waals surface area contributed by atoms with Gasteiger partial charge in [-0.3, -0.25) is 4.79 Å². The Morgan fingerprint density at radius 1 is 0.636 bits per heavy atom. The van der Waals surface area contributed by atoms with Gasteiger partial charge in [-0.05, 0) is 44.9 Å². The van der Waals surface area contributed by atoms with E-state index in [1.165, 1.54) is 0 Å². The van der Waals surface area contributed by atoms with Crippen molar-refractivity contribution in [1.82, 2.24) is 0 Å². The Morgan fingerprint density at radius 2 is 0.864 bits per heavy atom. The van der Waals surface area contributed by atoms with Crippen molar-refractivity contribution in [2.45, 2.75) is 51.4 Å². The third kappa shape index (κ3) is 37.3. The summed E-state index contributed by atoms with van der Waals surface area (Å²) in [5, 5.41) is 37.4. The van der Waals surface area contributed by atoms with E-state index in [1.807, 2.05) is 0 Å². The average molecular weight is 416 g/mol. The van der Waals surface area contributed by atoms with E-state index in [9.17, 15) is 34.5 Å². The van der Waals surface area contributed by atoms with Gasteiger partial charge in [0.25, 0.3) is 0 Å². The van der Waals surface area contributed by atoms with Crippen LogP contribution >= 0.6 is 0 Å². The van der Waals surface area contributed by atoms with Gasteiger partial charge in [0.1, 0.15) is 0 Å². The summed E-state index contributed by atoms with van der Waals surface area (Å²) in [5.74, 6) is -4.29. The summed E-state index contributed by atoms with van der Waals surface area (Å²) < 4.78 is 0. The van der Waals surface area contributed by atoms with Crippen LogP contribution < -0.4 is 66.7 Å². The fourth-order valence-corrected chi connectivity index (χ4v) is 1.08. The van der Waals surface area contributed by atoms with E-state index in [2.05, 4.69) is 0 Å². The Kier molecular flexibility index (Phi) is 30.8. The number of aliphatic carboxylic acids is 4. The second kappa shape index (κ2) is 22.0. The zero-order valence-electron chi connectivity index (χ0n) is 12.7. The van der Waals surface area contributed by atoms with Gasteiger partial charge in [-0.25, -0.2) is 0 Å². The monoisotopic (exact) mass is 416 g/mol. The third-order valence-electron chi connectivity index (χ3n) is 2.03. The van der Waals surface area contributed by atoms with Crippen molar-refractivity contribution < 1.29 is 91.0 Å². The molecule has 0 aliphatic carbocycles. The minimum Gasteiger partial charge on any atom is -0.550 e. The summed E-state index contributed by atoms with van der Waals surface area (Å²) in [7, 11) is 0. The minimum absolute atomic E-state index is 0. The van der Waals surface area contributed by atoms with Crippen molar-refractivity contribution in [3.63, 3.8) is 0 Å². The standard InChI is InChI=1S/2C6H10O4.K.Sr/c2*7-5(8)3-1-2-4-6(9)10;;/h2*1-4H2,(H,7,8)(H,9,10);;/q;;+1;+2/p-3. The second-order valence-corrected chi connectivity index (χ2v) is 3.92. The summed E-state index contributed by atoms with van der Waals surface area (Å²) in [4.78, 5) is 39.2. The van der Waals surface area contributed by atoms with Crippen LogP contribution in [0.25, 0.3) is 0 Å². The fraction of sp³-hybridized carbons (Fsp3) is 0.667. The topological polar surface area (TPSA) is 158 Å². The first-order valence-corrected chi connectivity index (χ1v) is 6.07. The first kappa shape index (κ1) is 30.8. The zero-order valence-corrected chi connectivity index (χ0v) is 19.3. The van der Waals surface area contributed by atoms with Crippen LogP contribution in [-0.4, -0.2) is 74.5 Å². The van der Waals surface area contributed by atoms with Crippen LogP contribution in [0.1, 0.15) is 51.4 Å². The van der Waals surface area contributed by atoms with Gasteiger partial charge in [0, 0.05) is 24.3 Å². The largest absolute Gasteiger partial charge is 2.00 e. The molecule has 0 atom stereocenters. The van der Waals surface area contributed by atoms with Gasteiger partial charge in [-0.1, -0.05) is 0 Å². The van der Waals surface area contributed by atoms with Gasteiger partial charge in [0.05, 0.1) is 0 Å². The molecule has 0 aromatic heterocycles. The van der Waals surface area contributed by atoms with E-state index in [4.69, 9.17) is 5.11 Å². The Labute approximate surface area is 208 Å². The van der Waals surface area contributed by atoms with Gasteiger partial charge < -0.3 is 34.8 Å². The molecule has 8 nitrogen and oxygen atoms in total. The molecule has 0 radical (unpaired) electrons. The maximum Gasteiger partial charge on any atom is 2.00 e. The number of unbranched alkanes of at least 4 members (excludes halogenated alkanes) is 2. The third-order valence-corrected chi connectivity index (χ3v) is 2.03. The summed E-state index contributed by atoms with van der Waals surface area (Å²) in [5.41, 5.74) is 0. The molecule has 0 saturated heterocycles. The first-order chi connectivity index (χ1) is 9.25. The molecule has 0 fully saturated rings. The Hall–Kier alpha value is 0.997. The summed E-state index contributed by atoms with van der Waals surface area (Å²) in [6.07, 6.45) is 1.31. The minimum atomic E-state index is -1.14.